The third kappa shape index (κ3) is 38.0. The molecular weight excluding hydrogens is 695 g/mol. The molecule has 0 aromatic rings. The lowest BCUT2D eigenvalue weighted by Crippen LogP contribution is -2.29. The lowest BCUT2D eigenvalue weighted by molar-refractivity contribution is -0.161. The summed E-state index contributed by atoms with van der Waals surface area (Å²) in [7, 11) is -4.62. The van der Waals surface area contributed by atoms with Crippen LogP contribution in [0.3, 0.4) is 0 Å². The molecule has 3 atom stereocenters. The molecule has 0 amide bonds. The van der Waals surface area contributed by atoms with Crippen molar-refractivity contribution in [3.63, 3.8) is 0 Å². The minimum absolute atomic E-state index is 0.163. The molecule has 0 aromatic carbocycles. The molecule has 10 nitrogen and oxygen atoms in total. The van der Waals surface area contributed by atoms with Gasteiger partial charge in [0, 0.05) is 12.8 Å². The number of hydrogen-bond acceptors (Lipinski definition) is 9. The SMILES string of the molecule is CC/C=C/C/C=C/C/C=C/CCCCCCCC(=O)O[C@H](COC(=O)CCCCCCCCC/C=C/CCCCCC)COP(=O)(O)OC[C@@H](O)CO. The summed E-state index contributed by atoms with van der Waals surface area (Å²) >= 11 is 0. The first-order valence-electron chi connectivity index (χ1n) is 20.6. The maximum Gasteiger partial charge on any atom is 0.472 e. The molecule has 0 aliphatic carbocycles. The zero-order valence-corrected chi connectivity index (χ0v) is 34.1. The smallest absolute Gasteiger partial charge is 0.462 e. The van der Waals surface area contributed by atoms with Crippen LogP contribution in [-0.4, -0.2) is 65.7 Å². The Kier molecular flexibility index (Phi) is 36.7. The van der Waals surface area contributed by atoms with Crippen molar-refractivity contribution in [2.75, 3.05) is 26.4 Å². The minimum Gasteiger partial charge on any atom is -0.462 e. The number of phosphoric acid groups is 1. The van der Waals surface area contributed by atoms with Gasteiger partial charge in [-0.25, -0.2) is 4.57 Å². The Morgan fingerprint density at radius 3 is 1.58 bits per heavy atom. The Labute approximate surface area is 322 Å². The first-order valence-corrected chi connectivity index (χ1v) is 22.1. The summed E-state index contributed by atoms with van der Waals surface area (Å²) in [6.45, 7) is 2.22. The van der Waals surface area contributed by atoms with Gasteiger partial charge in [0.1, 0.15) is 12.7 Å². The Balaban J connectivity index is 4.36. The van der Waals surface area contributed by atoms with Gasteiger partial charge >= 0.3 is 19.8 Å². The van der Waals surface area contributed by atoms with Gasteiger partial charge in [0.25, 0.3) is 0 Å². The van der Waals surface area contributed by atoms with Crippen LogP contribution in [-0.2, 0) is 32.7 Å². The van der Waals surface area contributed by atoms with Gasteiger partial charge in [0.2, 0.25) is 0 Å². The van der Waals surface area contributed by atoms with E-state index in [9.17, 15) is 24.2 Å². The van der Waals surface area contributed by atoms with Crippen LogP contribution in [0.2, 0.25) is 0 Å². The normalized spacial score (nSPS) is 14.4. The number of phosphoric ester groups is 1. The summed E-state index contributed by atoms with van der Waals surface area (Å²) in [5, 5.41) is 18.3. The number of aliphatic hydroxyl groups is 2. The largest absolute Gasteiger partial charge is 0.472 e. The van der Waals surface area contributed by atoms with Crippen LogP contribution >= 0.6 is 7.82 Å². The molecule has 0 rings (SSSR count). The molecule has 0 fully saturated rings. The monoisotopic (exact) mass is 771 g/mol. The van der Waals surface area contributed by atoms with E-state index in [0.29, 0.717) is 12.8 Å². The lowest BCUT2D eigenvalue weighted by Gasteiger charge is -2.20. The molecule has 53 heavy (non-hydrogen) atoms. The van der Waals surface area contributed by atoms with Crippen molar-refractivity contribution >= 4 is 19.8 Å². The van der Waals surface area contributed by atoms with Crippen LogP contribution in [0.1, 0.15) is 168 Å². The van der Waals surface area contributed by atoms with Crippen LogP contribution < -0.4 is 0 Å². The first-order chi connectivity index (χ1) is 25.7. The summed E-state index contributed by atoms with van der Waals surface area (Å²) in [6, 6.07) is 0. The quantitative estimate of drug-likeness (QED) is 0.0240. The molecule has 0 heterocycles. The molecule has 0 aliphatic heterocycles. The van der Waals surface area contributed by atoms with Gasteiger partial charge < -0.3 is 24.6 Å². The van der Waals surface area contributed by atoms with E-state index in [4.69, 9.17) is 19.1 Å². The number of esters is 2. The van der Waals surface area contributed by atoms with E-state index in [0.717, 1.165) is 77.0 Å². The average Bonchev–Trinajstić information content (AvgIpc) is 3.14. The van der Waals surface area contributed by atoms with E-state index in [1.807, 2.05) is 0 Å². The van der Waals surface area contributed by atoms with Crippen LogP contribution in [0.4, 0.5) is 0 Å². The van der Waals surface area contributed by atoms with Crippen molar-refractivity contribution in [2.24, 2.45) is 0 Å². The summed E-state index contributed by atoms with van der Waals surface area (Å²) in [5.74, 6) is -0.952. The molecular formula is C42H75O10P. The number of carbonyl (C=O) groups is 2. The Morgan fingerprint density at radius 1 is 0.585 bits per heavy atom. The third-order valence-corrected chi connectivity index (χ3v) is 9.42. The number of carbonyl (C=O) groups excluding carboxylic acids is 2. The highest BCUT2D eigenvalue weighted by Crippen LogP contribution is 2.43. The Hall–Kier alpha value is -2.07. The van der Waals surface area contributed by atoms with Gasteiger partial charge in [0.05, 0.1) is 19.8 Å². The maximum atomic E-state index is 12.6. The zero-order valence-electron chi connectivity index (χ0n) is 33.2. The molecule has 308 valence electrons. The van der Waals surface area contributed by atoms with E-state index in [-0.39, 0.29) is 19.4 Å². The molecule has 0 aliphatic rings. The summed E-state index contributed by atoms with van der Waals surface area (Å²) in [5.41, 5.74) is 0. The van der Waals surface area contributed by atoms with Crippen molar-refractivity contribution < 1.29 is 47.8 Å². The highest BCUT2D eigenvalue weighted by atomic mass is 31.2. The predicted octanol–water partition coefficient (Wildman–Crippen LogP) is 10.6. The van der Waals surface area contributed by atoms with E-state index >= 15 is 0 Å². The Morgan fingerprint density at radius 2 is 1.04 bits per heavy atom. The number of aliphatic hydroxyl groups excluding tert-OH is 2. The molecule has 0 saturated heterocycles. The summed E-state index contributed by atoms with van der Waals surface area (Å²) in [4.78, 5) is 34.9. The molecule has 3 N–H and O–H groups in total. The van der Waals surface area contributed by atoms with Gasteiger partial charge in [-0.3, -0.25) is 18.6 Å². The second kappa shape index (κ2) is 38.2. The van der Waals surface area contributed by atoms with Gasteiger partial charge in [-0.2, -0.15) is 0 Å². The first kappa shape index (κ1) is 50.9. The molecule has 1 unspecified atom stereocenters. The van der Waals surface area contributed by atoms with E-state index in [2.05, 4.69) is 67.0 Å². The lowest BCUT2D eigenvalue weighted by atomic mass is 10.1. The van der Waals surface area contributed by atoms with Crippen LogP contribution in [0.5, 0.6) is 0 Å². The Bertz CT molecular complexity index is 1030. The van der Waals surface area contributed by atoms with E-state index in [1.165, 1.54) is 51.4 Å². The van der Waals surface area contributed by atoms with Gasteiger partial charge in [-0.05, 0) is 70.6 Å². The zero-order chi connectivity index (χ0) is 39.1. The topological polar surface area (TPSA) is 149 Å². The number of allylic oxidation sites excluding steroid dienone is 8. The van der Waals surface area contributed by atoms with Gasteiger partial charge in [-0.1, -0.05) is 133 Å². The van der Waals surface area contributed by atoms with Crippen molar-refractivity contribution in [3.05, 3.63) is 48.6 Å². The highest BCUT2D eigenvalue weighted by Gasteiger charge is 2.27. The van der Waals surface area contributed by atoms with Crippen LogP contribution in [0.25, 0.3) is 0 Å². The maximum absolute atomic E-state index is 12.6. The third-order valence-electron chi connectivity index (χ3n) is 8.47. The van der Waals surface area contributed by atoms with Gasteiger partial charge in [0.15, 0.2) is 6.10 Å². The predicted molar refractivity (Wildman–Crippen MR) is 214 cm³/mol. The average molecular weight is 771 g/mol. The second-order valence-electron chi connectivity index (χ2n) is 13.6. The van der Waals surface area contributed by atoms with E-state index < -0.39 is 51.8 Å². The van der Waals surface area contributed by atoms with E-state index in [1.54, 1.807) is 0 Å². The van der Waals surface area contributed by atoms with Crippen LogP contribution in [0, 0.1) is 0 Å². The molecule has 0 aromatic heterocycles. The van der Waals surface area contributed by atoms with Gasteiger partial charge in [-0.15, -0.1) is 0 Å². The fourth-order valence-electron chi connectivity index (χ4n) is 5.30. The fourth-order valence-corrected chi connectivity index (χ4v) is 6.08. The molecule has 11 heteroatoms. The summed E-state index contributed by atoms with van der Waals surface area (Å²) in [6.07, 6.45) is 39.3. The number of rotatable bonds is 38. The van der Waals surface area contributed by atoms with Crippen molar-refractivity contribution in [1.29, 1.82) is 0 Å². The van der Waals surface area contributed by atoms with Crippen molar-refractivity contribution in [2.45, 2.75) is 180 Å². The molecule has 0 spiro atoms. The molecule has 0 radical (unpaired) electrons. The van der Waals surface area contributed by atoms with Crippen molar-refractivity contribution in [1.82, 2.24) is 0 Å². The summed E-state index contributed by atoms with van der Waals surface area (Å²) < 4.78 is 32.6. The molecule has 0 bridgehead atoms. The second-order valence-corrected chi connectivity index (χ2v) is 15.1. The number of unbranched alkanes of at least 4 members (excludes halogenated alkanes) is 16. The highest BCUT2D eigenvalue weighted by molar-refractivity contribution is 7.47. The minimum atomic E-state index is -4.62. The number of ether oxygens (including phenoxy) is 2. The molecule has 0 saturated carbocycles. The fraction of sp³-hybridized carbons (Fsp3) is 0.762. The van der Waals surface area contributed by atoms with Crippen LogP contribution in [0.15, 0.2) is 48.6 Å². The standard InChI is InChI=1S/C42H75O10P/c1-3-5-7-9-11-13-15-17-19-21-23-25-27-29-31-33-41(45)49-37-40(38-51-53(47,48)50-36-39(44)35-43)52-42(46)34-32-30-28-26-24-22-20-18-16-14-12-10-8-6-4-2/h6,8,12-15,18,20,39-40,43-44H,3-5,7,9-11,16-17,19,21-38H2,1-2H3,(H,47,48)/b8-6+,14-12+,15-13+,20-18+/t39-,40+/m0/s1. The van der Waals surface area contributed by atoms with Crippen molar-refractivity contribution in [3.8, 4) is 0 Å². The number of hydrogen-bond donors (Lipinski definition) is 3.